The number of imidazole rings is 1. The van der Waals surface area contributed by atoms with Crippen molar-refractivity contribution in [2.24, 2.45) is 0 Å². The summed E-state index contributed by atoms with van der Waals surface area (Å²) in [7, 11) is -3.50. The highest BCUT2D eigenvalue weighted by molar-refractivity contribution is 7.89. The molecule has 2 aromatic carbocycles. The Hall–Kier alpha value is -2.71. The largest absolute Gasteiger partial charge is 0.349 e. The SMILES string of the molecule is CCCn1c(CCC(=O)NC(CC)c2ccc(C)cc2)nc2cc(S(=O)(=O)N3CCCC3)ccc21. The molecular formula is C27H36N4O3S. The maximum atomic E-state index is 13.0. The Balaban J connectivity index is 1.51. The van der Waals surface area contributed by atoms with Crippen LogP contribution < -0.4 is 5.32 Å². The van der Waals surface area contributed by atoms with Gasteiger partial charge in [-0.05, 0) is 56.4 Å². The van der Waals surface area contributed by atoms with Crippen LogP contribution in [0.4, 0.5) is 0 Å². The monoisotopic (exact) mass is 496 g/mol. The third-order valence-corrected chi connectivity index (χ3v) is 8.64. The number of nitrogens with one attached hydrogen (secondary N) is 1. The van der Waals surface area contributed by atoms with E-state index in [0.29, 0.717) is 36.3 Å². The third-order valence-electron chi connectivity index (χ3n) is 6.75. The molecule has 0 saturated carbocycles. The number of hydrogen-bond donors (Lipinski definition) is 1. The molecule has 3 aromatic rings. The van der Waals surface area contributed by atoms with Crippen LogP contribution in [0.2, 0.25) is 0 Å². The van der Waals surface area contributed by atoms with E-state index < -0.39 is 10.0 Å². The molecule has 7 nitrogen and oxygen atoms in total. The summed E-state index contributed by atoms with van der Waals surface area (Å²) in [5.41, 5.74) is 3.88. The second-order valence-corrected chi connectivity index (χ2v) is 11.3. The molecule has 1 fully saturated rings. The Morgan fingerprint density at radius 1 is 1.09 bits per heavy atom. The zero-order valence-electron chi connectivity index (χ0n) is 21.0. The van der Waals surface area contributed by atoms with Gasteiger partial charge in [0.1, 0.15) is 5.82 Å². The van der Waals surface area contributed by atoms with Crippen molar-refractivity contribution in [3.05, 3.63) is 59.4 Å². The highest BCUT2D eigenvalue weighted by Gasteiger charge is 2.28. The number of benzene rings is 2. The van der Waals surface area contributed by atoms with E-state index in [2.05, 4.69) is 54.9 Å². The van der Waals surface area contributed by atoms with Crippen LogP contribution in [0.15, 0.2) is 47.4 Å². The highest BCUT2D eigenvalue weighted by Crippen LogP contribution is 2.26. The Kier molecular flexibility index (Phi) is 7.91. The highest BCUT2D eigenvalue weighted by atomic mass is 32.2. The fourth-order valence-corrected chi connectivity index (χ4v) is 6.31. The number of hydrogen-bond acceptors (Lipinski definition) is 4. The fourth-order valence-electron chi connectivity index (χ4n) is 4.77. The minimum absolute atomic E-state index is 0.00942. The zero-order valence-corrected chi connectivity index (χ0v) is 21.8. The minimum Gasteiger partial charge on any atom is -0.349 e. The van der Waals surface area contributed by atoms with Crippen molar-refractivity contribution >= 4 is 27.0 Å². The topological polar surface area (TPSA) is 84.3 Å². The number of aryl methyl sites for hydroxylation is 3. The van der Waals surface area contributed by atoms with E-state index in [1.165, 1.54) is 5.56 Å². The molecule has 2 heterocycles. The smallest absolute Gasteiger partial charge is 0.243 e. The first-order valence-corrected chi connectivity index (χ1v) is 14.1. The van der Waals surface area contributed by atoms with E-state index in [-0.39, 0.29) is 11.9 Å². The van der Waals surface area contributed by atoms with Crippen molar-refractivity contribution in [1.29, 1.82) is 0 Å². The molecule has 0 spiro atoms. The van der Waals surface area contributed by atoms with Crippen molar-refractivity contribution in [2.75, 3.05) is 13.1 Å². The number of nitrogens with zero attached hydrogens (tertiary/aromatic N) is 3. The Bertz CT molecular complexity index is 1280. The Labute approximate surface area is 208 Å². The number of amides is 1. The van der Waals surface area contributed by atoms with E-state index in [1.54, 1.807) is 16.4 Å². The van der Waals surface area contributed by atoms with Gasteiger partial charge in [0.2, 0.25) is 15.9 Å². The van der Waals surface area contributed by atoms with Crippen LogP contribution >= 0.6 is 0 Å². The average Bonchev–Trinajstić information content (AvgIpc) is 3.51. The number of fused-ring (bicyclic) bond motifs is 1. The molecule has 0 bridgehead atoms. The molecule has 1 aliphatic rings. The van der Waals surface area contributed by atoms with Crippen LogP contribution in [-0.2, 0) is 27.8 Å². The molecule has 0 radical (unpaired) electrons. The van der Waals surface area contributed by atoms with Gasteiger partial charge >= 0.3 is 0 Å². The fraction of sp³-hybridized carbons (Fsp3) is 0.481. The Morgan fingerprint density at radius 2 is 1.80 bits per heavy atom. The molecule has 35 heavy (non-hydrogen) atoms. The lowest BCUT2D eigenvalue weighted by Crippen LogP contribution is -2.28. The number of carbonyl (C=O) groups excluding carboxylic acids is 1. The number of carbonyl (C=O) groups is 1. The van der Waals surface area contributed by atoms with Crippen molar-refractivity contribution in [2.45, 2.75) is 76.8 Å². The maximum absolute atomic E-state index is 13.0. The summed E-state index contributed by atoms with van der Waals surface area (Å²) in [4.78, 5) is 17.9. The lowest BCUT2D eigenvalue weighted by Gasteiger charge is -2.18. The normalized spacial score (nSPS) is 15.5. The van der Waals surface area contributed by atoms with Gasteiger partial charge in [0, 0.05) is 32.5 Å². The van der Waals surface area contributed by atoms with Crippen LogP contribution in [0.25, 0.3) is 11.0 Å². The van der Waals surface area contributed by atoms with Gasteiger partial charge in [0.15, 0.2) is 0 Å². The van der Waals surface area contributed by atoms with Gasteiger partial charge < -0.3 is 9.88 Å². The lowest BCUT2D eigenvalue weighted by atomic mass is 10.0. The van der Waals surface area contributed by atoms with Gasteiger partial charge in [0.25, 0.3) is 0 Å². The van der Waals surface area contributed by atoms with Gasteiger partial charge in [-0.2, -0.15) is 4.31 Å². The van der Waals surface area contributed by atoms with Crippen molar-refractivity contribution in [3.63, 3.8) is 0 Å². The standard InChI is InChI=1S/C27H36N4O3S/c1-4-16-31-25-13-12-22(35(33,34)30-17-6-7-18-30)19-24(25)28-26(31)14-15-27(32)29-23(5-2)21-10-8-20(3)9-11-21/h8-13,19,23H,4-7,14-18H2,1-3H3,(H,29,32). The van der Waals surface area contributed by atoms with Crippen LogP contribution in [0.1, 0.15) is 68.9 Å². The molecule has 1 aliphatic heterocycles. The van der Waals surface area contributed by atoms with Gasteiger partial charge in [0.05, 0.1) is 22.0 Å². The lowest BCUT2D eigenvalue weighted by molar-refractivity contribution is -0.121. The summed E-state index contributed by atoms with van der Waals surface area (Å²) in [6.45, 7) is 8.14. The molecule has 1 saturated heterocycles. The summed E-state index contributed by atoms with van der Waals surface area (Å²) in [6.07, 6.45) is 4.37. The van der Waals surface area contributed by atoms with Gasteiger partial charge in [-0.25, -0.2) is 13.4 Å². The van der Waals surface area contributed by atoms with E-state index in [0.717, 1.165) is 49.1 Å². The second kappa shape index (κ2) is 10.9. The van der Waals surface area contributed by atoms with Crippen molar-refractivity contribution in [1.82, 2.24) is 19.2 Å². The Morgan fingerprint density at radius 3 is 2.46 bits per heavy atom. The van der Waals surface area contributed by atoms with Crippen molar-refractivity contribution < 1.29 is 13.2 Å². The quantitative estimate of drug-likeness (QED) is 0.439. The molecular weight excluding hydrogens is 460 g/mol. The van der Waals surface area contributed by atoms with E-state index in [9.17, 15) is 13.2 Å². The first-order chi connectivity index (χ1) is 16.8. The molecule has 188 valence electrons. The molecule has 0 aliphatic carbocycles. The predicted molar refractivity (Wildman–Crippen MR) is 139 cm³/mol. The van der Waals surface area contributed by atoms with Crippen LogP contribution in [0, 0.1) is 6.92 Å². The summed E-state index contributed by atoms with van der Waals surface area (Å²) in [5.74, 6) is 0.806. The van der Waals surface area contributed by atoms with Gasteiger partial charge in [-0.3, -0.25) is 4.79 Å². The van der Waals surface area contributed by atoms with E-state index in [4.69, 9.17) is 4.98 Å². The second-order valence-electron chi connectivity index (χ2n) is 9.38. The summed E-state index contributed by atoms with van der Waals surface area (Å²) in [6, 6.07) is 13.5. The molecule has 1 amide bonds. The van der Waals surface area contributed by atoms with Crippen LogP contribution in [-0.4, -0.2) is 41.3 Å². The summed E-state index contributed by atoms with van der Waals surface area (Å²) >= 11 is 0. The number of sulfonamides is 1. The predicted octanol–water partition coefficient (Wildman–Crippen LogP) is 4.74. The first kappa shape index (κ1) is 25.4. The third kappa shape index (κ3) is 5.59. The number of rotatable bonds is 10. The minimum atomic E-state index is -3.50. The summed E-state index contributed by atoms with van der Waals surface area (Å²) < 4.78 is 29.7. The molecule has 1 unspecified atom stereocenters. The van der Waals surface area contributed by atoms with Gasteiger partial charge in [-0.1, -0.05) is 43.7 Å². The number of aromatic nitrogens is 2. The van der Waals surface area contributed by atoms with E-state index in [1.807, 2.05) is 6.07 Å². The molecule has 1 aromatic heterocycles. The maximum Gasteiger partial charge on any atom is 0.243 e. The first-order valence-electron chi connectivity index (χ1n) is 12.7. The summed E-state index contributed by atoms with van der Waals surface area (Å²) in [5, 5.41) is 3.16. The molecule has 8 heteroatoms. The molecule has 1 atom stereocenters. The molecule has 1 N–H and O–H groups in total. The zero-order chi connectivity index (χ0) is 25.0. The average molecular weight is 497 g/mol. The molecule has 4 rings (SSSR count). The van der Waals surface area contributed by atoms with Crippen LogP contribution in [0.5, 0.6) is 0 Å². The van der Waals surface area contributed by atoms with Crippen LogP contribution in [0.3, 0.4) is 0 Å². The van der Waals surface area contributed by atoms with E-state index >= 15 is 0 Å². The van der Waals surface area contributed by atoms with Crippen molar-refractivity contribution in [3.8, 4) is 0 Å². The van der Waals surface area contributed by atoms with Gasteiger partial charge in [-0.15, -0.1) is 0 Å².